The van der Waals surface area contributed by atoms with Crippen molar-refractivity contribution in [1.82, 2.24) is 15.5 Å². The monoisotopic (exact) mass is 226 g/mol. The maximum atomic E-state index is 8.84. The Morgan fingerprint density at radius 3 is 3.06 bits per heavy atom. The van der Waals surface area contributed by atoms with Crippen LogP contribution in [-0.4, -0.2) is 10.2 Å². The van der Waals surface area contributed by atoms with E-state index < -0.39 is 0 Å². The first-order valence-corrected chi connectivity index (χ1v) is 5.51. The van der Waals surface area contributed by atoms with Gasteiger partial charge in [-0.25, -0.2) is 0 Å². The van der Waals surface area contributed by atoms with Crippen LogP contribution in [0.2, 0.25) is 0 Å². The summed E-state index contributed by atoms with van der Waals surface area (Å²) in [5.74, 6) is 0. The molecule has 2 rings (SSSR count). The van der Waals surface area contributed by atoms with E-state index in [4.69, 9.17) is 5.26 Å². The summed E-state index contributed by atoms with van der Waals surface area (Å²) in [4.78, 5) is 0. The van der Waals surface area contributed by atoms with Crippen LogP contribution < -0.4 is 5.32 Å². The molecule has 0 aliphatic carbocycles. The van der Waals surface area contributed by atoms with E-state index in [0.717, 1.165) is 17.8 Å². The summed E-state index contributed by atoms with van der Waals surface area (Å²) in [6.45, 7) is 2.81. The lowest BCUT2D eigenvalue weighted by Crippen LogP contribution is -2.18. The van der Waals surface area contributed by atoms with Gasteiger partial charge in [0.1, 0.15) is 0 Å². The number of benzene rings is 1. The zero-order valence-electron chi connectivity index (χ0n) is 9.64. The van der Waals surface area contributed by atoms with Crippen molar-refractivity contribution >= 4 is 0 Å². The number of aromatic amines is 1. The lowest BCUT2D eigenvalue weighted by atomic mass is 10.1. The second kappa shape index (κ2) is 5.28. The summed E-state index contributed by atoms with van der Waals surface area (Å²) < 4.78 is 0. The Morgan fingerprint density at radius 2 is 2.35 bits per heavy atom. The number of nitrogens with zero attached hydrogens (tertiary/aromatic N) is 2. The highest BCUT2D eigenvalue weighted by atomic mass is 15.1. The Hall–Kier alpha value is -2.12. The van der Waals surface area contributed by atoms with Crippen molar-refractivity contribution < 1.29 is 0 Å². The van der Waals surface area contributed by atoms with E-state index in [1.807, 2.05) is 30.3 Å². The minimum atomic E-state index is 0.201. The van der Waals surface area contributed by atoms with Gasteiger partial charge in [0.2, 0.25) is 0 Å². The molecular formula is C13H14N4. The van der Waals surface area contributed by atoms with Gasteiger partial charge in [-0.15, -0.1) is 0 Å². The number of H-pyrrole nitrogens is 1. The number of hydrogen-bond donors (Lipinski definition) is 2. The molecule has 0 aliphatic heterocycles. The van der Waals surface area contributed by atoms with E-state index in [-0.39, 0.29) is 6.04 Å². The molecule has 1 atom stereocenters. The molecule has 2 aromatic rings. The molecule has 0 aliphatic rings. The smallest absolute Gasteiger partial charge is 0.0991 e. The summed E-state index contributed by atoms with van der Waals surface area (Å²) in [6, 6.07) is 11.9. The lowest BCUT2D eigenvalue weighted by molar-refractivity contribution is 0.567. The quantitative estimate of drug-likeness (QED) is 0.839. The number of hydrogen-bond acceptors (Lipinski definition) is 3. The summed E-state index contributed by atoms with van der Waals surface area (Å²) in [5, 5.41) is 19.0. The van der Waals surface area contributed by atoms with Crippen molar-refractivity contribution in [3.05, 3.63) is 53.3 Å². The molecule has 0 amide bonds. The average Bonchev–Trinajstić information content (AvgIpc) is 2.89. The molecule has 2 N–H and O–H groups in total. The Labute approximate surface area is 100 Å². The molecule has 4 heteroatoms. The Kier molecular flexibility index (Phi) is 3.53. The third-order valence-electron chi connectivity index (χ3n) is 2.67. The van der Waals surface area contributed by atoms with Crippen LogP contribution in [0.15, 0.2) is 36.5 Å². The second-order valence-electron chi connectivity index (χ2n) is 3.92. The third kappa shape index (κ3) is 2.92. The highest BCUT2D eigenvalue weighted by Gasteiger charge is 2.05. The topological polar surface area (TPSA) is 64.5 Å². The van der Waals surface area contributed by atoms with Gasteiger partial charge < -0.3 is 5.32 Å². The zero-order chi connectivity index (χ0) is 12.1. The van der Waals surface area contributed by atoms with Crippen molar-refractivity contribution in [3.63, 3.8) is 0 Å². The van der Waals surface area contributed by atoms with E-state index in [0.29, 0.717) is 5.56 Å². The van der Waals surface area contributed by atoms with Gasteiger partial charge in [0.05, 0.1) is 11.6 Å². The van der Waals surface area contributed by atoms with Crippen LogP contribution in [0.3, 0.4) is 0 Å². The molecule has 1 aromatic carbocycles. The standard InChI is InChI=1S/C13H14N4/c1-10(15-9-13-5-6-16-17-13)12-4-2-3-11(7-12)8-14/h2-7,10,15H,9H2,1H3,(H,16,17). The van der Waals surface area contributed by atoms with E-state index in [9.17, 15) is 0 Å². The minimum Gasteiger partial charge on any atom is -0.305 e. The van der Waals surface area contributed by atoms with E-state index >= 15 is 0 Å². The van der Waals surface area contributed by atoms with Crippen molar-refractivity contribution in [2.45, 2.75) is 19.5 Å². The molecule has 1 aromatic heterocycles. The highest BCUT2D eigenvalue weighted by Crippen LogP contribution is 2.14. The first kappa shape index (κ1) is 11.4. The van der Waals surface area contributed by atoms with Crippen LogP contribution in [0.5, 0.6) is 0 Å². The van der Waals surface area contributed by atoms with Crippen LogP contribution in [0.25, 0.3) is 0 Å². The SMILES string of the molecule is CC(NCc1ccn[nH]1)c1cccc(C#N)c1. The maximum absolute atomic E-state index is 8.84. The molecule has 86 valence electrons. The van der Waals surface area contributed by atoms with Gasteiger partial charge in [0.25, 0.3) is 0 Å². The summed E-state index contributed by atoms with van der Waals surface area (Å²) in [7, 11) is 0. The van der Waals surface area contributed by atoms with Crippen LogP contribution in [0, 0.1) is 11.3 Å². The van der Waals surface area contributed by atoms with Gasteiger partial charge in [-0.1, -0.05) is 12.1 Å². The van der Waals surface area contributed by atoms with E-state index in [1.165, 1.54) is 0 Å². The Balaban J connectivity index is 1.99. The molecule has 0 fully saturated rings. The van der Waals surface area contributed by atoms with Gasteiger partial charge in [-0.05, 0) is 30.7 Å². The van der Waals surface area contributed by atoms with Crippen molar-refractivity contribution in [2.24, 2.45) is 0 Å². The predicted octanol–water partition coefficient (Wildman–Crippen LogP) is 2.13. The van der Waals surface area contributed by atoms with Gasteiger partial charge >= 0.3 is 0 Å². The Bertz CT molecular complexity index is 510. The van der Waals surface area contributed by atoms with Crippen LogP contribution in [-0.2, 0) is 6.54 Å². The first-order chi connectivity index (χ1) is 8.29. The van der Waals surface area contributed by atoms with Gasteiger partial charge in [0.15, 0.2) is 0 Å². The predicted molar refractivity (Wildman–Crippen MR) is 65.0 cm³/mol. The molecule has 17 heavy (non-hydrogen) atoms. The molecule has 0 bridgehead atoms. The fourth-order valence-corrected chi connectivity index (χ4v) is 1.64. The van der Waals surface area contributed by atoms with Crippen molar-refractivity contribution in [3.8, 4) is 6.07 Å². The fourth-order valence-electron chi connectivity index (χ4n) is 1.64. The molecule has 0 spiro atoms. The second-order valence-corrected chi connectivity index (χ2v) is 3.92. The lowest BCUT2D eigenvalue weighted by Gasteiger charge is -2.13. The fraction of sp³-hybridized carbons (Fsp3) is 0.231. The Morgan fingerprint density at radius 1 is 1.47 bits per heavy atom. The maximum Gasteiger partial charge on any atom is 0.0991 e. The van der Waals surface area contributed by atoms with Gasteiger partial charge in [-0.3, -0.25) is 5.10 Å². The molecule has 4 nitrogen and oxygen atoms in total. The zero-order valence-corrected chi connectivity index (χ0v) is 9.64. The van der Waals surface area contributed by atoms with E-state index in [1.54, 1.807) is 6.20 Å². The highest BCUT2D eigenvalue weighted by molar-refractivity contribution is 5.34. The first-order valence-electron chi connectivity index (χ1n) is 5.51. The van der Waals surface area contributed by atoms with Crippen LogP contribution >= 0.6 is 0 Å². The van der Waals surface area contributed by atoms with E-state index in [2.05, 4.69) is 28.5 Å². The molecule has 0 radical (unpaired) electrons. The number of nitriles is 1. The normalized spacial score (nSPS) is 12.0. The molecule has 1 unspecified atom stereocenters. The summed E-state index contributed by atoms with van der Waals surface area (Å²) in [5.41, 5.74) is 2.86. The van der Waals surface area contributed by atoms with Gasteiger partial charge in [0, 0.05) is 24.5 Å². The average molecular weight is 226 g/mol. The number of rotatable bonds is 4. The number of nitrogens with one attached hydrogen (secondary N) is 2. The van der Waals surface area contributed by atoms with Crippen molar-refractivity contribution in [1.29, 1.82) is 5.26 Å². The molecular weight excluding hydrogens is 212 g/mol. The van der Waals surface area contributed by atoms with Crippen LogP contribution in [0.4, 0.5) is 0 Å². The molecule has 0 saturated carbocycles. The molecule has 1 heterocycles. The number of aromatic nitrogens is 2. The minimum absolute atomic E-state index is 0.201. The largest absolute Gasteiger partial charge is 0.305 e. The van der Waals surface area contributed by atoms with Crippen LogP contribution in [0.1, 0.15) is 29.8 Å². The third-order valence-corrected chi connectivity index (χ3v) is 2.67. The summed E-state index contributed by atoms with van der Waals surface area (Å²) in [6.07, 6.45) is 1.73. The molecule has 0 saturated heterocycles. The van der Waals surface area contributed by atoms with Crippen molar-refractivity contribution in [2.75, 3.05) is 0 Å². The van der Waals surface area contributed by atoms with Gasteiger partial charge in [-0.2, -0.15) is 10.4 Å². The summed E-state index contributed by atoms with van der Waals surface area (Å²) >= 11 is 0.